The van der Waals surface area contributed by atoms with Crippen molar-refractivity contribution in [1.82, 2.24) is 5.32 Å². The number of methoxy groups -OCH3 is 1. The number of carbonyl (C=O) groups excluding carboxylic acids is 1. The van der Waals surface area contributed by atoms with Gasteiger partial charge in [0.05, 0.1) is 13.7 Å². The van der Waals surface area contributed by atoms with Gasteiger partial charge < -0.3 is 19.5 Å². The molecule has 1 heterocycles. The average molecular weight is 352 g/mol. The first-order valence-corrected chi connectivity index (χ1v) is 7.08. The maximum absolute atomic E-state index is 12.4. The minimum absolute atomic E-state index is 0. The summed E-state index contributed by atoms with van der Waals surface area (Å²) in [6.45, 7) is -0.178. The number of hydrogen-bond acceptors (Lipinski definition) is 5. The van der Waals surface area contributed by atoms with Gasteiger partial charge in [0.25, 0.3) is 0 Å². The zero-order valence-corrected chi connectivity index (χ0v) is 13.7. The van der Waals surface area contributed by atoms with Crippen LogP contribution in [-0.2, 0) is 9.53 Å². The number of esters is 1. The number of alkyl halides is 2. The van der Waals surface area contributed by atoms with Gasteiger partial charge >= 0.3 is 12.6 Å². The zero-order chi connectivity index (χ0) is 16.1. The Bertz CT molecular complexity index is 530. The molecule has 0 spiro atoms. The van der Waals surface area contributed by atoms with Gasteiger partial charge in [-0.25, -0.2) is 0 Å². The molecule has 0 aromatic heterocycles. The van der Waals surface area contributed by atoms with Crippen LogP contribution in [0.4, 0.5) is 8.78 Å². The molecule has 2 unspecified atom stereocenters. The standard InChI is InChI=1S/C15H19F2NO4.ClH/c1-3-21-13-7-9(4-5-12(13)22-15(16)17)10-6-11(18-8-10)14(19)20-2;/h4-5,7,10-11,15,18H,3,6,8H2,1-2H3;1H. The molecule has 23 heavy (non-hydrogen) atoms. The van der Waals surface area contributed by atoms with E-state index >= 15 is 0 Å². The van der Waals surface area contributed by atoms with Crippen LogP contribution >= 0.6 is 12.4 Å². The molecule has 1 fully saturated rings. The van der Waals surface area contributed by atoms with Gasteiger partial charge in [-0.05, 0) is 37.0 Å². The Balaban J connectivity index is 0.00000264. The van der Waals surface area contributed by atoms with Crippen LogP contribution in [0.25, 0.3) is 0 Å². The predicted molar refractivity (Wildman–Crippen MR) is 82.7 cm³/mol. The van der Waals surface area contributed by atoms with Crippen molar-refractivity contribution >= 4 is 18.4 Å². The summed E-state index contributed by atoms with van der Waals surface area (Å²) < 4.78 is 39.3. The Labute approximate surface area is 139 Å². The summed E-state index contributed by atoms with van der Waals surface area (Å²) in [6, 6.07) is 4.53. The molecular weight excluding hydrogens is 332 g/mol. The van der Waals surface area contributed by atoms with Gasteiger partial charge in [0.1, 0.15) is 6.04 Å². The molecule has 1 aliphatic heterocycles. The third-order valence-corrected chi connectivity index (χ3v) is 3.57. The first-order valence-electron chi connectivity index (χ1n) is 7.08. The van der Waals surface area contributed by atoms with Crippen LogP contribution in [0, 0.1) is 0 Å². The highest BCUT2D eigenvalue weighted by Crippen LogP contribution is 2.35. The third-order valence-electron chi connectivity index (χ3n) is 3.57. The highest BCUT2D eigenvalue weighted by atomic mass is 35.5. The summed E-state index contributed by atoms with van der Waals surface area (Å²) in [7, 11) is 1.35. The number of nitrogens with one attached hydrogen (secondary N) is 1. The molecule has 8 heteroatoms. The molecule has 1 aromatic carbocycles. The maximum atomic E-state index is 12.4. The number of carbonyl (C=O) groups is 1. The van der Waals surface area contributed by atoms with E-state index in [1.165, 1.54) is 13.2 Å². The van der Waals surface area contributed by atoms with Crippen LogP contribution < -0.4 is 14.8 Å². The number of rotatable bonds is 6. The third kappa shape index (κ3) is 4.94. The number of ether oxygens (including phenoxy) is 3. The van der Waals surface area contributed by atoms with Crippen molar-refractivity contribution in [3.63, 3.8) is 0 Å². The van der Waals surface area contributed by atoms with Gasteiger partial charge in [0.15, 0.2) is 11.5 Å². The topological polar surface area (TPSA) is 56.8 Å². The van der Waals surface area contributed by atoms with Crippen molar-refractivity contribution in [1.29, 1.82) is 0 Å². The molecule has 2 atom stereocenters. The van der Waals surface area contributed by atoms with E-state index in [1.807, 2.05) is 0 Å². The second kappa shape index (κ2) is 8.88. The van der Waals surface area contributed by atoms with Crippen molar-refractivity contribution in [3.05, 3.63) is 23.8 Å². The molecule has 1 N–H and O–H groups in total. The van der Waals surface area contributed by atoms with Crippen molar-refractivity contribution < 1.29 is 27.8 Å². The lowest BCUT2D eigenvalue weighted by Gasteiger charge is -2.15. The summed E-state index contributed by atoms with van der Waals surface area (Å²) in [6.07, 6.45) is 0.591. The Morgan fingerprint density at radius 1 is 1.39 bits per heavy atom. The summed E-state index contributed by atoms with van der Waals surface area (Å²) >= 11 is 0. The van der Waals surface area contributed by atoms with Crippen molar-refractivity contribution in [3.8, 4) is 11.5 Å². The van der Waals surface area contributed by atoms with E-state index in [0.717, 1.165) is 5.56 Å². The lowest BCUT2D eigenvalue weighted by atomic mass is 9.96. The summed E-state index contributed by atoms with van der Waals surface area (Å²) in [5, 5.41) is 3.09. The molecule has 130 valence electrons. The van der Waals surface area contributed by atoms with Crippen molar-refractivity contribution in [2.45, 2.75) is 31.9 Å². The molecule has 1 aromatic rings. The molecule has 5 nitrogen and oxygen atoms in total. The second-order valence-electron chi connectivity index (χ2n) is 4.93. The first-order chi connectivity index (χ1) is 10.5. The number of benzene rings is 1. The minimum Gasteiger partial charge on any atom is -0.490 e. The van der Waals surface area contributed by atoms with Crippen LogP contribution in [0.15, 0.2) is 18.2 Å². The predicted octanol–water partition coefficient (Wildman–Crippen LogP) is 2.73. The van der Waals surface area contributed by atoms with E-state index < -0.39 is 6.61 Å². The van der Waals surface area contributed by atoms with Gasteiger partial charge in [0, 0.05) is 6.54 Å². The van der Waals surface area contributed by atoms with Crippen molar-refractivity contribution in [2.24, 2.45) is 0 Å². The van der Waals surface area contributed by atoms with E-state index in [2.05, 4.69) is 10.1 Å². The minimum atomic E-state index is -2.90. The lowest BCUT2D eigenvalue weighted by molar-refractivity contribution is -0.142. The van der Waals surface area contributed by atoms with Gasteiger partial charge in [-0.2, -0.15) is 8.78 Å². The van der Waals surface area contributed by atoms with Crippen molar-refractivity contribution in [2.75, 3.05) is 20.3 Å². The first kappa shape index (κ1) is 19.4. The van der Waals surface area contributed by atoms with Gasteiger partial charge in [0.2, 0.25) is 0 Å². The fourth-order valence-corrected chi connectivity index (χ4v) is 2.55. The van der Waals surface area contributed by atoms with E-state index in [4.69, 9.17) is 9.47 Å². The van der Waals surface area contributed by atoms with E-state index in [-0.39, 0.29) is 41.8 Å². The Kier molecular flexibility index (Phi) is 7.51. The van der Waals surface area contributed by atoms with Gasteiger partial charge in [-0.1, -0.05) is 6.07 Å². The van der Waals surface area contributed by atoms with Crippen LogP contribution in [-0.4, -0.2) is 38.9 Å². The molecule has 1 saturated heterocycles. The normalized spacial score (nSPS) is 20.0. The van der Waals surface area contributed by atoms with E-state index in [1.54, 1.807) is 19.1 Å². The smallest absolute Gasteiger partial charge is 0.387 e. The Morgan fingerprint density at radius 2 is 2.13 bits per heavy atom. The van der Waals surface area contributed by atoms with E-state index in [9.17, 15) is 13.6 Å². The fraction of sp³-hybridized carbons (Fsp3) is 0.533. The highest BCUT2D eigenvalue weighted by Gasteiger charge is 2.31. The molecule has 2 rings (SSSR count). The average Bonchev–Trinajstić information content (AvgIpc) is 2.98. The molecule has 0 aliphatic carbocycles. The largest absolute Gasteiger partial charge is 0.490 e. The van der Waals surface area contributed by atoms with Crippen LogP contribution in [0.1, 0.15) is 24.8 Å². The molecule has 0 bridgehead atoms. The zero-order valence-electron chi connectivity index (χ0n) is 12.9. The van der Waals surface area contributed by atoms with E-state index in [0.29, 0.717) is 19.6 Å². The summed E-state index contributed by atoms with van der Waals surface area (Å²) in [4.78, 5) is 11.5. The van der Waals surface area contributed by atoms with Crippen LogP contribution in [0.2, 0.25) is 0 Å². The van der Waals surface area contributed by atoms with Crippen LogP contribution in [0.3, 0.4) is 0 Å². The van der Waals surface area contributed by atoms with Gasteiger partial charge in [-0.15, -0.1) is 12.4 Å². The second-order valence-corrected chi connectivity index (χ2v) is 4.93. The van der Waals surface area contributed by atoms with Gasteiger partial charge in [-0.3, -0.25) is 4.79 Å². The molecule has 1 aliphatic rings. The molecule has 0 saturated carbocycles. The Hall–Kier alpha value is -1.60. The molecular formula is C15H20ClF2NO4. The summed E-state index contributed by atoms with van der Waals surface area (Å²) in [5.41, 5.74) is 0.906. The molecule has 0 amide bonds. The quantitative estimate of drug-likeness (QED) is 0.799. The maximum Gasteiger partial charge on any atom is 0.387 e. The number of hydrogen-bond donors (Lipinski definition) is 1. The van der Waals surface area contributed by atoms with Crippen LogP contribution in [0.5, 0.6) is 11.5 Å². The molecule has 0 radical (unpaired) electrons. The fourth-order valence-electron chi connectivity index (χ4n) is 2.55. The Morgan fingerprint density at radius 3 is 2.74 bits per heavy atom. The highest BCUT2D eigenvalue weighted by molar-refractivity contribution is 5.85. The number of halogens is 3. The lowest BCUT2D eigenvalue weighted by Crippen LogP contribution is -2.31. The monoisotopic (exact) mass is 351 g/mol. The summed E-state index contributed by atoms with van der Waals surface area (Å²) in [5.74, 6) is 0.0759. The SMILES string of the molecule is CCOc1cc(C2CNC(C(=O)OC)C2)ccc1OC(F)F.Cl.